The van der Waals surface area contributed by atoms with E-state index in [9.17, 15) is 14.9 Å². The van der Waals surface area contributed by atoms with Crippen LogP contribution in [0.5, 0.6) is 0 Å². The van der Waals surface area contributed by atoms with Crippen LogP contribution >= 0.6 is 43.6 Å². The summed E-state index contributed by atoms with van der Waals surface area (Å²) < 4.78 is 6.23. The van der Waals surface area contributed by atoms with Gasteiger partial charge in [0.05, 0.1) is 29.6 Å². The smallest absolute Gasteiger partial charge is 0.271 e. The molecule has 24 heavy (non-hydrogen) atoms. The lowest BCUT2D eigenvalue weighted by Crippen LogP contribution is -2.37. The van der Waals surface area contributed by atoms with Crippen molar-refractivity contribution in [1.29, 1.82) is 0 Å². The SMILES string of the molecule is O=C(CSCCN1CCOCC1)Nc1c(Br)cc([N+](=O)[O-])cc1Br. The number of halogens is 2. The summed E-state index contributed by atoms with van der Waals surface area (Å²) in [7, 11) is 0. The number of hydrogen-bond donors (Lipinski definition) is 1. The molecule has 2 rings (SSSR count). The lowest BCUT2D eigenvalue weighted by atomic mass is 10.3. The van der Waals surface area contributed by atoms with Gasteiger partial charge in [0.25, 0.3) is 5.69 Å². The molecule has 1 aliphatic rings. The van der Waals surface area contributed by atoms with E-state index in [1.54, 1.807) is 11.8 Å². The van der Waals surface area contributed by atoms with Crippen molar-refractivity contribution >= 4 is 60.9 Å². The Morgan fingerprint density at radius 2 is 1.96 bits per heavy atom. The quantitative estimate of drug-likeness (QED) is 0.365. The molecular weight excluding hydrogens is 466 g/mol. The fraction of sp³-hybridized carbons (Fsp3) is 0.500. The number of rotatable bonds is 7. The predicted octanol–water partition coefficient (Wildman–Crippen LogP) is 3.12. The molecule has 1 aromatic carbocycles. The number of nitrogens with zero attached hydrogens (tertiary/aromatic N) is 2. The topological polar surface area (TPSA) is 84.7 Å². The molecule has 0 aliphatic carbocycles. The molecule has 1 fully saturated rings. The van der Waals surface area contributed by atoms with E-state index in [-0.39, 0.29) is 11.6 Å². The number of carbonyl (C=O) groups excluding carboxylic acids is 1. The highest BCUT2D eigenvalue weighted by atomic mass is 79.9. The summed E-state index contributed by atoms with van der Waals surface area (Å²) in [6.45, 7) is 4.36. The Hall–Kier alpha value is -0.680. The second-order valence-electron chi connectivity index (χ2n) is 5.10. The molecule has 0 bridgehead atoms. The van der Waals surface area contributed by atoms with Crippen LogP contribution in [0.2, 0.25) is 0 Å². The number of nitrogens with one attached hydrogen (secondary N) is 1. The molecule has 1 aliphatic heterocycles. The molecule has 0 unspecified atom stereocenters. The van der Waals surface area contributed by atoms with Gasteiger partial charge in [-0.15, -0.1) is 0 Å². The van der Waals surface area contributed by atoms with Crippen LogP contribution in [0.1, 0.15) is 0 Å². The summed E-state index contributed by atoms with van der Waals surface area (Å²) in [6.07, 6.45) is 0. The molecule has 132 valence electrons. The van der Waals surface area contributed by atoms with Crippen molar-refractivity contribution in [2.45, 2.75) is 0 Å². The number of carbonyl (C=O) groups is 1. The maximum atomic E-state index is 12.0. The molecule has 1 N–H and O–H groups in total. The van der Waals surface area contributed by atoms with E-state index >= 15 is 0 Å². The minimum atomic E-state index is -0.484. The molecule has 0 saturated carbocycles. The maximum absolute atomic E-state index is 12.0. The van der Waals surface area contributed by atoms with Gasteiger partial charge in [-0.25, -0.2) is 0 Å². The first kappa shape index (κ1) is 19.6. The van der Waals surface area contributed by atoms with Gasteiger partial charge in [0.2, 0.25) is 5.91 Å². The zero-order valence-electron chi connectivity index (χ0n) is 12.8. The van der Waals surface area contributed by atoms with E-state index in [1.165, 1.54) is 12.1 Å². The van der Waals surface area contributed by atoms with Gasteiger partial charge in [-0.05, 0) is 31.9 Å². The summed E-state index contributed by atoms with van der Waals surface area (Å²) in [5.74, 6) is 1.06. The maximum Gasteiger partial charge on any atom is 0.271 e. The van der Waals surface area contributed by atoms with Crippen molar-refractivity contribution in [2.75, 3.05) is 49.7 Å². The monoisotopic (exact) mass is 481 g/mol. The van der Waals surface area contributed by atoms with Gasteiger partial charge in [0.15, 0.2) is 0 Å². The van der Waals surface area contributed by atoms with E-state index in [0.717, 1.165) is 38.6 Å². The van der Waals surface area contributed by atoms with Gasteiger partial charge >= 0.3 is 0 Å². The van der Waals surface area contributed by atoms with Crippen LogP contribution in [-0.2, 0) is 9.53 Å². The standard InChI is InChI=1S/C14H17Br2N3O4S/c15-11-7-10(19(21)22)8-12(16)14(11)17-13(20)9-24-6-3-18-1-4-23-5-2-18/h7-8H,1-6,9H2,(H,17,20). The van der Waals surface area contributed by atoms with E-state index in [4.69, 9.17) is 4.74 Å². The van der Waals surface area contributed by atoms with Crippen LogP contribution in [0.25, 0.3) is 0 Å². The van der Waals surface area contributed by atoms with Crippen molar-refractivity contribution in [3.8, 4) is 0 Å². The number of ether oxygens (including phenoxy) is 1. The molecule has 1 amide bonds. The Balaban J connectivity index is 1.78. The summed E-state index contributed by atoms with van der Waals surface area (Å²) >= 11 is 8.07. The number of amides is 1. The largest absolute Gasteiger partial charge is 0.379 e. The number of thioether (sulfide) groups is 1. The van der Waals surface area contributed by atoms with Gasteiger partial charge in [0, 0.05) is 46.5 Å². The first-order valence-electron chi connectivity index (χ1n) is 7.28. The number of non-ortho nitro benzene ring substituents is 1. The van der Waals surface area contributed by atoms with Crippen LogP contribution in [0.4, 0.5) is 11.4 Å². The Morgan fingerprint density at radius 1 is 1.33 bits per heavy atom. The van der Waals surface area contributed by atoms with Crippen molar-refractivity contribution in [1.82, 2.24) is 4.90 Å². The molecule has 0 radical (unpaired) electrons. The van der Waals surface area contributed by atoms with E-state index in [2.05, 4.69) is 42.1 Å². The zero-order chi connectivity index (χ0) is 17.5. The normalized spacial score (nSPS) is 15.2. The second-order valence-corrected chi connectivity index (χ2v) is 7.91. The minimum absolute atomic E-state index is 0.0494. The van der Waals surface area contributed by atoms with Gasteiger partial charge in [-0.1, -0.05) is 0 Å². The number of anilines is 1. The fourth-order valence-electron chi connectivity index (χ4n) is 2.14. The Morgan fingerprint density at radius 3 is 2.54 bits per heavy atom. The first-order valence-corrected chi connectivity index (χ1v) is 10.0. The Bertz CT molecular complexity index is 589. The fourth-order valence-corrected chi connectivity index (χ4v) is 4.29. The van der Waals surface area contributed by atoms with Crippen molar-refractivity contribution in [3.05, 3.63) is 31.2 Å². The molecular formula is C14H17Br2N3O4S. The van der Waals surface area contributed by atoms with Crippen LogP contribution in [0.15, 0.2) is 21.1 Å². The number of morpholine rings is 1. The summed E-state index contributed by atoms with van der Waals surface area (Å²) in [5, 5.41) is 13.6. The first-order chi connectivity index (χ1) is 11.5. The predicted molar refractivity (Wildman–Crippen MR) is 102 cm³/mol. The summed E-state index contributed by atoms with van der Waals surface area (Å²) in [4.78, 5) is 24.7. The minimum Gasteiger partial charge on any atom is -0.379 e. The van der Waals surface area contributed by atoms with Crippen LogP contribution in [0, 0.1) is 10.1 Å². The number of hydrogen-bond acceptors (Lipinski definition) is 6. The van der Waals surface area contributed by atoms with E-state index in [0.29, 0.717) is 20.4 Å². The molecule has 1 saturated heterocycles. The number of nitro benzene ring substituents is 1. The lowest BCUT2D eigenvalue weighted by Gasteiger charge is -2.26. The zero-order valence-corrected chi connectivity index (χ0v) is 16.8. The third kappa shape index (κ3) is 5.99. The van der Waals surface area contributed by atoms with Gasteiger partial charge in [-0.3, -0.25) is 19.8 Å². The molecule has 0 atom stereocenters. The van der Waals surface area contributed by atoms with Crippen LogP contribution in [0.3, 0.4) is 0 Å². The average molecular weight is 483 g/mol. The highest BCUT2D eigenvalue weighted by Crippen LogP contribution is 2.35. The molecule has 1 aromatic rings. The van der Waals surface area contributed by atoms with Gasteiger partial charge < -0.3 is 10.1 Å². The van der Waals surface area contributed by atoms with Crippen LogP contribution in [-0.4, -0.2) is 60.1 Å². The number of benzene rings is 1. The highest BCUT2D eigenvalue weighted by molar-refractivity contribution is 9.11. The average Bonchev–Trinajstić information content (AvgIpc) is 2.55. The Kier molecular flexibility index (Phi) is 7.95. The molecule has 7 nitrogen and oxygen atoms in total. The summed E-state index contributed by atoms with van der Waals surface area (Å²) in [6, 6.07) is 2.73. The van der Waals surface area contributed by atoms with Crippen molar-refractivity contribution < 1.29 is 14.5 Å². The third-order valence-electron chi connectivity index (χ3n) is 3.39. The van der Waals surface area contributed by atoms with Gasteiger partial charge in [-0.2, -0.15) is 11.8 Å². The highest BCUT2D eigenvalue weighted by Gasteiger charge is 2.16. The Labute approximate surface area is 160 Å². The lowest BCUT2D eigenvalue weighted by molar-refractivity contribution is -0.385. The molecule has 10 heteroatoms. The van der Waals surface area contributed by atoms with Crippen molar-refractivity contribution in [3.63, 3.8) is 0 Å². The van der Waals surface area contributed by atoms with Crippen molar-refractivity contribution in [2.24, 2.45) is 0 Å². The van der Waals surface area contributed by atoms with E-state index in [1.807, 2.05) is 0 Å². The number of nitro groups is 1. The van der Waals surface area contributed by atoms with Crippen LogP contribution < -0.4 is 5.32 Å². The molecule has 1 heterocycles. The molecule has 0 aromatic heterocycles. The summed E-state index contributed by atoms with van der Waals surface area (Å²) in [5.41, 5.74) is 0.450. The van der Waals surface area contributed by atoms with E-state index < -0.39 is 4.92 Å². The second kappa shape index (κ2) is 9.71. The van der Waals surface area contributed by atoms with Gasteiger partial charge in [0.1, 0.15) is 0 Å². The third-order valence-corrected chi connectivity index (χ3v) is 5.58. The molecule has 0 spiro atoms.